The Morgan fingerprint density at radius 2 is 1.94 bits per heavy atom. The first-order chi connectivity index (χ1) is 17.2. The Labute approximate surface area is 209 Å². The average molecular weight is 498 g/mol. The Balaban J connectivity index is 1.70. The van der Waals surface area contributed by atoms with Gasteiger partial charge in [-0.15, -0.1) is 0 Å². The molecule has 1 aromatic heterocycles. The van der Waals surface area contributed by atoms with Crippen LogP contribution in [0.2, 0.25) is 0 Å². The zero-order chi connectivity index (χ0) is 26.4. The predicted octanol–water partition coefficient (Wildman–Crippen LogP) is 2.37. The van der Waals surface area contributed by atoms with E-state index in [4.69, 9.17) is 14.2 Å². The number of hydrogen-bond donors (Lipinski definition) is 3. The fourth-order valence-corrected chi connectivity index (χ4v) is 3.77. The quantitative estimate of drug-likeness (QED) is 0.277. The molecule has 192 valence electrons. The van der Waals surface area contributed by atoms with Crippen LogP contribution in [-0.4, -0.2) is 49.0 Å². The van der Waals surface area contributed by atoms with E-state index in [1.54, 1.807) is 38.3 Å². The first kappa shape index (κ1) is 26.3. The number of aryl methyl sites for hydroxylation is 1. The first-order valence-electron chi connectivity index (χ1n) is 11.4. The van der Waals surface area contributed by atoms with Crippen molar-refractivity contribution in [3.8, 4) is 11.5 Å². The monoisotopic (exact) mass is 497 g/mol. The SMILES string of the molecule is CCOC(=O)C1=C(C)NC(=O)NC1c1ccc(OCC(=O)N/N=C/c2cc(C)n(C)c2C)c(OC)c1. The number of nitrogens with zero attached hydrogens (tertiary/aromatic N) is 2. The van der Waals surface area contributed by atoms with Gasteiger partial charge in [-0.1, -0.05) is 6.07 Å². The van der Waals surface area contributed by atoms with E-state index in [1.165, 1.54) is 7.11 Å². The molecule has 2 heterocycles. The molecule has 3 amide bonds. The number of benzene rings is 1. The van der Waals surface area contributed by atoms with E-state index < -0.39 is 23.9 Å². The molecule has 36 heavy (non-hydrogen) atoms. The molecule has 11 heteroatoms. The van der Waals surface area contributed by atoms with E-state index in [2.05, 4.69) is 21.2 Å². The lowest BCUT2D eigenvalue weighted by Gasteiger charge is -2.28. The molecule has 0 fully saturated rings. The van der Waals surface area contributed by atoms with Crippen LogP contribution in [0.25, 0.3) is 0 Å². The highest BCUT2D eigenvalue weighted by Crippen LogP contribution is 2.34. The third-order valence-corrected chi connectivity index (χ3v) is 5.85. The molecule has 1 aliphatic heterocycles. The first-order valence-corrected chi connectivity index (χ1v) is 11.4. The number of ether oxygens (including phenoxy) is 3. The van der Waals surface area contributed by atoms with Crippen LogP contribution in [0.5, 0.6) is 11.5 Å². The fourth-order valence-electron chi connectivity index (χ4n) is 3.77. The number of amides is 3. The number of hydrazone groups is 1. The molecule has 0 spiro atoms. The zero-order valence-corrected chi connectivity index (χ0v) is 21.2. The van der Waals surface area contributed by atoms with Crippen LogP contribution >= 0.6 is 0 Å². The highest BCUT2D eigenvalue weighted by molar-refractivity contribution is 5.95. The van der Waals surface area contributed by atoms with Crippen LogP contribution in [0, 0.1) is 13.8 Å². The van der Waals surface area contributed by atoms with Crippen LogP contribution in [0.4, 0.5) is 4.79 Å². The number of methoxy groups -OCH3 is 1. The van der Waals surface area contributed by atoms with Crippen molar-refractivity contribution in [2.45, 2.75) is 33.7 Å². The molecule has 0 radical (unpaired) electrons. The summed E-state index contributed by atoms with van der Waals surface area (Å²) in [5.41, 5.74) is 6.74. The number of esters is 1. The number of aromatic nitrogens is 1. The van der Waals surface area contributed by atoms with Crippen molar-refractivity contribution in [1.82, 2.24) is 20.6 Å². The lowest BCUT2D eigenvalue weighted by molar-refractivity contribution is -0.139. The largest absolute Gasteiger partial charge is 0.493 e. The lowest BCUT2D eigenvalue weighted by Crippen LogP contribution is -2.45. The Bertz CT molecular complexity index is 1230. The molecule has 3 N–H and O–H groups in total. The maximum atomic E-state index is 12.5. The van der Waals surface area contributed by atoms with Crippen molar-refractivity contribution in [1.29, 1.82) is 0 Å². The van der Waals surface area contributed by atoms with Crippen LogP contribution in [0.1, 0.15) is 42.4 Å². The molecule has 0 aliphatic carbocycles. The number of urea groups is 1. The van der Waals surface area contributed by atoms with Gasteiger partial charge in [0.1, 0.15) is 0 Å². The van der Waals surface area contributed by atoms with Gasteiger partial charge in [0, 0.05) is 29.7 Å². The maximum Gasteiger partial charge on any atom is 0.338 e. The molecule has 1 aromatic carbocycles. The van der Waals surface area contributed by atoms with Crippen LogP contribution in [-0.2, 0) is 21.4 Å². The fraction of sp³-hybridized carbons (Fsp3) is 0.360. The van der Waals surface area contributed by atoms with Crippen molar-refractivity contribution in [2.75, 3.05) is 20.3 Å². The van der Waals surface area contributed by atoms with Gasteiger partial charge in [-0.2, -0.15) is 5.10 Å². The molecule has 11 nitrogen and oxygen atoms in total. The minimum absolute atomic E-state index is 0.198. The van der Waals surface area contributed by atoms with E-state index in [1.807, 2.05) is 31.5 Å². The number of nitrogens with one attached hydrogen (secondary N) is 3. The van der Waals surface area contributed by atoms with E-state index >= 15 is 0 Å². The third-order valence-electron chi connectivity index (χ3n) is 5.85. The van der Waals surface area contributed by atoms with Crippen molar-refractivity contribution in [3.05, 3.63) is 58.1 Å². The molecule has 2 aromatic rings. The van der Waals surface area contributed by atoms with Crippen LogP contribution in [0.15, 0.2) is 40.6 Å². The molecule has 1 atom stereocenters. The van der Waals surface area contributed by atoms with E-state index in [9.17, 15) is 14.4 Å². The predicted molar refractivity (Wildman–Crippen MR) is 133 cm³/mol. The van der Waals surface area contributed by atoms with Gasteiger partial charge in [0.05, 0.1) is 31.5 Å². The third kappa shape index (κ3) is 5.85. The van der Waals surface area contributed by atoms with Gasteiger partial charge < -0.3 is 29.4 Å². The van der Waals surface area contributed by atoms with Crippen molar-refractivity contribution < 1.29 is 28.6 Å². The summed E-state index contributed by atoms with van der Waals surface area (Å²) in [5.74, 6) is -0.345. The Kier molecular flexibility index (Phi) is 8.36. The summed E-state index contributed by atoms with van der Waals surface area (Å²) >= 11 is 0. The smallest absolute Gasteiger partial charge is 0.338 e. The van der Waals surface area contributed by atoms with Gasteiger partial charge in [-0.25, -0.2) is 15.0 Å². The Hall–Kier alpha value is -4.28. The highest BCUT2D eigenvalue weighted by atomic mass is 16.5. The molecule has 0 saturated heterocycles. The molecular formula is C25H31N5O6. The standard InChI is InChI=1S/C25H31N5O6/c1-7-35-24(32)22-15(3)27-25(33)28-23(22)17-8-9-19(20(11-17)34-6)36-13-21(31)29-26-12-18-10-14(2)30(5)16(18)4/h8-12,23H,7,13H2,1-6H3,(H,29,31)(H2,27,28,33)/b26-12+. The molecule has 0 bridgehead atoms. The summed E-state index contributed by atoms with van der Waals surface area (Å²) in [6.45, 7) is 7.20. The molecule has 1 unspecified atom stereocenters. The topological polar surface area (TPSA) is 132 Å². The Morgan fingerprint density at radius 3 is 2.58 bits per heavy atom. The number of carbonyl (C=O) groups is 3. The van der Waals surface area contributed by atoms with Crippen molar-refractivity contribution in [3.63, 3.8) is 0 Å². The second-order valence-electron chi connectivity index (χ2n) is 8.17. The second kappa shape index (κ2) is 11.4. The average Bonchev–Trinajstić information content (AvgIpc) is 3.08. The van der Waals surface area contributed by atoms with Gasteiger partial charge >= 0.3 is 12.0 Å². The van der Waals surface area contributed by atoms with E-state index in [-0.39, 0.29) is 18.8 Å². The summed E-state index contributed by atoms with van der Waals surface area (Å²) in [6, 6.07) is 5.70. The molecular weight excluding hydrogens is 466 g/mol. The van der Waals surface area contributed by atoms with Gasteiger partial charge in [0.25, 0.3) is 5.91 Å². The zero-order valence-electron chi connectivity index (χ0n) is 21.2. The second-order valence-corrected chi connectivity index (χ2v) is 8.17. The van der Waals surface area contributed by atoms with Crippen molar-refractivity contribution >= 4 is 24.1 Å². The van der Waals surface area contributed by atoms with Gasteiger partial charge in [0.2, 0.25) is 0 Å². The molecule has 1 aliphatic rings. The number of hydrogen-bond acceptors (Lipinski definition) is 7. The molecule has 3 rings (SSSR count). The van der Waals surface area contributed by atoms with Gasteiger partial charge in [0.15, 0.2) is 18.1 Å². The van der Waals surface area contributed by atoms with Gasteiger partial charge in [-0.3, -0.25) is 4.79 Å². The van der Waals surface area contributed by atoms with Gasteiger partial charge in [-0.05, 0) is 51.5 Å². The summed E-state index contributed by atoms with van der Waals surface area (Å²) in [6.07, 6.45) is 1.58. The van der Waals surface area contributed by atoms with E-state index in [0.29, 0.717) is 22.8 Å². The van der Waals surface area contributed by atoms with Crippen LogP contribution in [0.3, 0.4) is 0 Å². The normalized spacial score (nSPS) is 15.4. The summed E-state index contributed by atoms with van der Waals surface area (Å²) in [5, 5.41) is 9.32. The Morgan fingerprint density at radius 1 is 1.19 bits per heavy atom. The summed E-state index contributed by atoms with van der Waals surface area (Å²) in [4.78, 5) is 36.8. The van der Waals surface area contributed by atoms with Crippen molar-refractivity contribution in [2.24, 2.45) is 12.1 Å². The summed E-state index contributed by atoms with van der Waals surface area (Å²) < 4.78 is 18.2. The number of allylic oxidation sites excluding steroid dienone is 1. The minimum atomic E-state index is -0.747. The number of rotatable bonds is 9. The lowest BCUT2D eigenvalue weighted by atomic mass is 9.95. The minimum Gasteiger partial charge on any atom is -0.493 e. The molecule has 0 saturated carbocycles. The number of carbonyl (C=O) groups excluding carboxylic acids is 3. The summed E-state index contributed by atoms with van der Waals surface area (Å²) in [7, 11) is 3.41. The van der Waals surface area contributed by atoms with E-state index in [0.717, 1.165) is 17.0 Å². The van der Waals surface area contributed by atoms with Crippen LogP contribution < -0.4 is 25.5 Å². The highest BCUT2D eigenvalue weighted by Gasteiger charge is 2.32. The maximum absolute atomic E-state index is 12.5.